The minimum atomic E-state index is -0.234. The highest BCUT2D eigenvalue weighted by molar-refractivity contribution is 5.76. The summed E-state index contributed by atoms with van der Waals surface area (Å²) in [4.78, 5) is 14.7. The van der Waals surface area contributed by atoms with Gasteiger partial charge in [0.1, 0.15) is 11.6 Å². The van der Waals surface area contributed by atoms with Gasteiger partial charge in [-0.3, -0.25) is 9.69 Å². The van der Waals surface area contributed by atoms with E-state index in [1.54, 1.807) is 7.11 Å². The summed E-state index contributed by atoms with van der Waals surface area (Å²) in [6, 6.07) is 14.5. The maximum absolute atomic E-state index is 13.3. The van der Waals surface area contributed by atoms with E-state index >= 15 is 0 Å². The maximum atomic E-state index is 13.3. The predicted octanol–water partition coefficient (Wildman–Crippen LogP) is 3.72. The lowest BCUT2D eigenvalue weighted by molar-refractivity contribution is -0.121. The van der Waals surface area contributed by atoms with Crippen LogP contribution in [0, 0.1) is 5.82 Å². The molecule has 1 amide bonds. The van der Waals surface area contributed by atoms with Crippen LogP contribution in [0.4, 0.5) is 4.39 Å². The lowest BCUT2D eigenvalue weighted by Gasteiger charge is -2.28. The summed E-state index contributed by atoms with van der Waals surface area (Å²) in [5.41, 5.74) is 2.16. The molecule has 1 atom stereocenters. The van der Waals surface area contributed by atoms with Gasteiger partial charge >= 0.3 is 0 Å². The van der Waals surface area contributed by atoms with Crippen molar-refractivity contribution in [1.29, 1.82) is 0 Å². The van der Waals surface area contributed by atoms with Crippen molar-refractivity contribution < 1.29 is 13.9 Å². The first-order valence-corrected chi connectivity index (χ1v) is 9.55. The molecule has 2 aromatic carbocycles. The van der Waals surface area contributed by atoms with E-state index in [1.165, 1.54) is 25.0 Å². The number of likely N-dealkylation sites (tertiary alicyclic amines) is 1. The molecule has 1 N–H and O–H groups in total. The van der Waals surface area contributed by atoms with Gasteiger partial charge in [0.05, 0.1) is 13.2 Å². The van der Waals surface area contributed by atoms with Gasteiger partial charge in [-0.1, -0.05) is 24.3 Å². The first kappa shape index (κ1) is 19.4. The molecule has 1 saturated heterocycles. The van der Waals surface area contributed by atoms with Gasteiger partial charge in [-0.25, -0.2) is 4.39 Å². The molecule has 0 bridgehead atoms. The van der Waals surface area contributed by atoms with E-state index in [-0.39, 0.29) is 17.8 Å². The van der Waals surface area contributed by atoms with Crippen molar-refractivity contribution >= 4 is 5.91 Å². The van der Waals surface area contributed by atoms with E-state index in [1.807, 2.05) is 36.4 Å². The number of amides is 1. The van der Waals surface area contributed by atoms with Crippen LogP contribution in [0.5, 0.6) is 5.75 Å². The molecular formula is C22H27FN2O2. The molecule has 1 fully saturated rings. The SMILES string of the molecule is COc1ccc(CCC(=O)NCC(c2ccc(F)cc2)N2CCCC2)cc1. The molecule has 3 rings (SSSR count). The molecule has 4 nitrogen and oxygen atoms in total. The molecule has 0 radical (unpaired) electrons. The summed E-state index contributed by atoms with van der Waals surface area (Å²) in [5.74, 6) is 0.621. The summed E-state index contributed by atoms with van der Waals surface area (Å²) in [6.45, 7) is 2.58. The van der Waals surface area contributed by atoms with Crippen molar-refractivity contribution in [3.8, 4) is 5.75 Å². The van der Waals surface area contributed by atoms with Crippen LogP contribution in [0.25, 0.3) is 0 Å². The fourth-order valence-corrected chi connectivity index (χ4v) is 3.54. The minimum Gasteiger partial charge on any atom is -0.497 e. The van der Waals surface area contributed by atoms with Crippen LogP contribution in [0.1, 0.15) is 36.4 Å². The molecule has 0 aromatic heterocycles. The van der Waals surface area contributed by atoms with Crippen LogP contribution < -0.4 is 10.1 Å². The van der Waals surface area contributed by atoms with Gasteiger partial charge in [-0.2, -0.15) is 0 Å². The van der Waals surface area contributed by atoms with Gasteiger partial charge in [0.25, 0.3) is 0 Å². The van der Waals surface area contributed by atoms with E-state index < -0.39 is 0 Å². The van der Waals surface area contributed by atoms with E-state index in [2.05, 4.69) is 10.2 Å². The number of methoxy groups -OCH3 is 1. The summed E-state index contributed by atoms with van der Waals surface area (Å²) in [6.07, 6.45) is 3.48. The van der Waals surface area contributed by atoms with Gasteiger partial charge in [-0.05, 0) is 67.7 Å². The van der Waals surface area contributed by atoms with Crippen molar-refractivity contribution in [3.63, 3.8) is 0 Å². The van der Waals surface area contributed by atoms with E-state index in [4.69, 9.17) is 4.74 Å². The first-order valence-electron chi connectivity index (χ1n) is 9.55. The molecule has 2 aromatic rings. The zero-order valence-electron chi connectivity index (χ0n) is 15.8. The van der Waals surface area contributed by atoms with Gasteiger partial charge in [0.15, 0.2) is 0 Å². The third kappa shape index (κ3) is 5.54. The van der Waals surface area contributed by atoms with E-state index in [0.29, 0.717) is 19.4 Å². The Hall–Kier alpha value is -2.40. The average molecular weight is 370 g/mol. The van der Waals surface area contributed by atoms with E-state index in [0.717, 1.165) is 30.0 Å². The Morgan fingerprint density at radius 1 is 1.11 bits per heavy atom. The van der Waals surface area contributed by atoms with Crippen molar-refractivity contribution in [1.82, 2.24) is 10.2 Å². The van der Waals surface area contributed by atoms with E-state index in [9.17, 15) is 9.18 Å². The molecular weight excluding hydrogens is 343 g/mol. The highest BCUT2D eigenvalue weighted by Crippen LogP contribution is 2.25. The number of halogens is 1. The van der Waals surface area contributed by atoms with Crippen molar-refractivity contribution in [3.05, 3.63) is 65.5 Å². The first-order chi connectivity index (χ1) is 13.2. The van der Waals surface area contributed by atoms with Crippen LogP contribution in [-0.2, 0) is 11.2 Å². The number of carbonyl (C=O) groups excluding carboxylic acids is 1. The molecule has 0 spiro atoms. The molecule has 0 aliphatic carbocycles. The lowest BCUT2D eigenvalue weighted by atomic mass is 10.0. The van der Waals surface area contributed by atoms with Gasteiger partial charge in [0.2, 0.25) is 5.91 Å². The number of nitrogens with zero attached hydrogens (tertiary/aromatic N) is 1. The second-order valence-corrected chi connectivity index (χ2v) is 6.96. The van der Waals surface area contributed by atoms with Crippen molar-refractivity contribution in [2.24, 2.45) is 0 Å². The van der Waals surface area contributed by atoms with Crippen LogP contribution in [-0.4, -0.2) is 37.6 Å². The van der Waals surface area contributed by atoms with Crippen LogP contribution >= 0.6 is 0 Å². The topological polar surface area (TPSA) is 41.6 Å². The normalized spacial score (nSPS) is 15.5. The standard InChI is InChI=1S/C22H27FN2O2/c1-27-20-11-4-17(5-12-20)6-13-22(26)24-16-21(25-14-2-3-15-25)18-7-9-19(23)10-8-18/h4-5,7-12,21H,2-3,6,13-16H2,1H3,(H,24,26). The monoisotopic (exact) mass is 370 g/mol. The number of benzene rings is 2. The Morgan fingerprint density at radius 3 is 2.41 bits per heavy atom. The molecule has 1 aliphatic rings. The molecule has 144 valence electrons. The average Bonchev–Trinajstić information content (AvgIpc) is 3.23. The van der Waals surface area contributed by atoms with Crippen molar-refractivity contribution in [2.45, 2.75) is 31.7 Å². The number of hydrogen-bond donors (Lipinski definition) is 1. The smallest absolute Gasteiger partial charge is 0.220 e. The number of aryl methyl sites for hydroxylation is 1. The Morgan fingerprint density at radius 2 is 1.78 bits per heavy atom. The lowest BCUT2D eigenvalue weighted by Crippen LogP contribution is -2.36. The molecule has 27 heavy (non-hydrogen) atoms. The van der Waals surface area contributed by atoms with Gasteiger partial charge in [-0.15, -0.1) is 0 Å². The van der Waals surface area contributed by atoms with Gasteiger partial charge < -0.3 is 10.1 Å². The zero-order valence-corrected chi connectivity index (χ0v) is 15.8. The second kappa shape index (κ2) is 9.51. The number of rotatable bonds is 8. The second-order valence-electron chi connectivity index (χ2n) is 6.96. The van der Waals surface area contributed by atoms with Crippen molar-refractivity contribution in [2.75, 3.05) is 26.7 Å². The maximum Gasteiger partial charge on any atom is 0.220 e. The van der Waals surface area contributed by atoms with Crippen LogP contribution in [0.2, 0.25) is 0 Å². The summed E-state index contributed by atoms with van der Waals surface area (Å²) in [7, 11) is 1.64. The van der Waals surface area contributed by atoms with Gasteiger partial charge in [0, 0.05) is 13.0 Å². The summed E-state index contributed by atoms with van der Waals surface area (Å²) < 4.78 is 18.4. The summed E-state index contributed by atoms with van der Waals surface area (Å²) >= 11 is 0. The molecule has 1 aliphatic heterocycles. The number of nitrogens with one attached hydrogen (secondary N) is 1. The Balaban J connectivity index is 1.54. The number of ether oxygens (including phenoxy) is 1. The fraction of sp³-hybridized carbons (Fsp3) is 0.409. The molecule has 0 saturated carbocycles. The summed E-state index contributed by atoms with van der Waals surface area (Å²) in [5, 5.41) is 3.07. The van der Waals surface area contributed by atoms with Crippen LogP contribution in [0.3, 0.4) is 0 Å². The van der Waals surface area contributed by atoms with Crippen LogP contribution in [0.15, 0.2) is 48.5 Å². The number of carbonyl (C=O) groups is 1. The third-order valence-electron chi connectivity index (χ3n) is 5.13. The third-order valence-corrected chi connectivity index (χ3v) is 5.13. The molecule has 1 heterocycles. The largest absolute Gasteiger partial charge is 0.497 e. The molecule has 1 unspecified atom stereocenters. The Labute approximate surface area is 160 Å². The Kier molecular flexibility index (Phi) is 6.82. The highest BCUT2D eigenvalue weighted by atomic mass is 19.1. The predicted molar refractivity (Wildman–Crippen MR) is 104 cm³/mol. The number of hydrogen-bond acceptors (Lipinski definition) is 3. The molecule has 5 heteroatoms. The quantitative estimate of drug-likeness (QED) is 0.770. The fourth-order valence-electron chi connectivity index (χ4n) is 3.54. The minimum absolute atomic E-state index is 0.0390. The highest BCUT2D eigenvalue weighted by Gasteiger charge is 2.23. The Bertz CT molecular complexity index is 725. The zero-order chi connectivity index (χ0) is 19.1.